The predicted molar refractivity (Wildman–Crippen MR) is 130 cm³/mol. The van der Waals surface area contributed by atoms with Crippen molar-refractivity contribution in [3.63, 3.8) is 0 Å². The quantitative estimate of drug-likeness (QED) is 0.316. The zero-order valence-corrected chi connectivity index (χ0v) is 19.9. The summed E-state index contributed by atoms with van der Waals surface area (Å²) in [5.74, 6) is 1.19. The first kappa shape index (κ1) is 22.8. The average molecular weight is 484 g/mol. The number of hydrogen-bond donors (Lipinski definition) is 1. The van der Waals surface area contributed by atoms with Crippen LogP contribution in [-0.2, 0) is 11.2 Å². The van der Waals surface area contributed by atoms with Crippen molar-refractivity contribution in [2.24, 2.45) is 0 Å². The minimum atomic E-state index is -0.372. The Morgan fingerprint density at radius 3 is 2.58 bits per heavy atom. The number of nitrogens with zero attached hydrogens (tertiary/aromatic N) is 2. The Hall–Kier alpha value is -3.36. The molecular formula is C24H22ClN3O4S. The number of thiophene rings is 1. The number of benzene rings is 2. The number of aryl methyl sites for hydroxylation is 1. The number of carbonyl (C=O) groups excluding carboxylic acids is 1. The summed E-state index contributed by atoms with van der Waals surface area (Å²) < 4.78 is 16.3. The molecule has 2 aromatic carbocycles. The largest absolute Gasteiger partial charge is 0.495 e. The van der Waals surface area contributed by atoms with Crippen LogP contribution in [0.5, 0.6) is 11.5 Å². The van der Waals surface area contributed by atoms with Crippen molar-refractivity contribution < 1.29 is 19.0 Å². The van der Waals surface area contributed by atoms with E-state index in [0.717, 1.165) is 16.5 Å². The average Bonchev–Trinajstić information content (AvgIpc) is 3.18. The van der Waals surface area contributed by atoms with Crippen molar-refractivity contribution in [3.8, 4) is 11.5 Å². The fourth-order valence-corrected chi connectivity index (χ4v) is 4.69. The molecule has 0 aliphatic rings. The second-order valence-electron chi connectivity index (χ2n) is 7.14. The zero-order chi connectivity index (χ0) is 23.4. The summed E-state index contributed by atoms with van der Waals surface area (Å²) >= 11 is 7.49. The van der Waals surface area contributed by atoms with Crippen LogP contribution in [0, 0.1) is 6.92 Å². The number of hydrogen-bond acceptors (Lipinski definition) is 8. The van der Waals surface area contributed by atoms with Crippen LogP contribution in [0.2, 0.25) is 5.02 Å². The van der Waals surface area contributed by atoms with E-state index in [0.29, 0.717) is 50.8 Å². The van der Waals surface area contributed by atoms with Gasteiger partial charge in [0.15, 0.2) is 0 Å². The SMILES string of the molecule is COc1cc(Nc2ncnc3sc(C(=O)OCCc4ccccc4)c(C)c23)c(OC)cc1Cl. The topological polar surface area (TPSA) is 82.6 Å². The second-order valence-corrected chi connectivity index (χ2v) is 8.55. The van der Waals surface area contributed by atoms with Gasteiger partial charge in [-0.15, -0.1) is 11.3 Å². The van der Waals surface area contributed by atoms with Gasteiger partial charge in [-0.25, -0.2) is 14.8 Å². The highest BCUT2D eigenvalue weighted by atomic mass is 35.5. The normalized spacial score (nSPS) is 10.8. The molecule has 0 amide bonds. The molecule has 0 radical (unpaired) electrons. The van der Waals surface area contributed by atoms with Gasteiger partial charge >= 0.3 is 5.97 Å². The molecule has 0 fully saturated rings. The smallest absolute Gasteiger partial charge is 0.348 e. The van der Waals surface area contributed by atoms with E-state index in [1.54, 1.807) is 26.4 Å². The van der Waals surface area contributed by atoms with Gasteiger partial charge < -0.3 is 19.5 Å². The number of esters is 1. The Labute approximate surface area is 200 Å². The Morgan fingerprint density at radius 1 is 1.09 bits per heavy atom. The molecule has 0 unspecified atom stereocenters. The van der Waals surface area contributed by atoms with Gasteiger partial charge in [0.1, 0.15) is 33.4 Å². The van der Waals surface area contributed by atoms with Crippen LogP contribution in [0.1, 0.15) is 20.8 Å². The molecule has 0 bridgehead atoms. The van der Waals surface area contributed by atoms with E-state index in [2.05, 4.69) is 15.3 Å². The number of ether oxygens (including phenoxy) is 3. The summed E-state index contributed by atoms with van der Waals surface area (Å²) in [5, 5.41) is 4.44. The maximum atomic E-state index is 12.8. The molecule has 4 aromatic rings. The molecule has 0 spiro atoms. The minimum absolute atomic E-state index is 0.301. The maximum absolute atomic E-state index is 12.8. The van der Waals surface area contributed by atoms with Crippen LogP contribution in [0.15, 0.2) is 48.8 Å². The lowest BCUT2D eigenvalue weighted by molar-refractivity contribution is 0.0514. The number of nitrogens with one attached hydrogen (secondary N) is 1. The molecule has 0 aliphatic heterocycles. The highest BCUT2D eigenvalue weighted by Gasteiger charge is 2.21. The summed E-state index contributed by atoms with van der Waals surface area (Å²) in [6, 6.07) is 13.3. The molecule has 2 heterocycles. The van der Waals surface area contributed by atoms with Crippen LogP contribution < -0.4 is 14.8 Å². The zero-order valence-electron chi connectivity index (χ0n) is 18.3. The molecule has 170 valence electrons. The fourth-order valence-electron chi connectivity index (χ4n) is 3.42. The van der Waals surface area contributed by atoms with E-state index < -0.39 is 0 Å². The molecule has 9 heteroatoms. The van der Waals surface area contributed by atoms with Gasteiger partial charge in [0.05, 0.1) is 36.9 Å². The van der Waals surface area contributed by atoms with Crippen LogP contribution in [-0.4, -0.2) is 36.8 Å². The number of methoxy groups -OCH3 is 2. The predicted octanol–water partition coefficient (Wildman–Crippen LogP) is 5.81. The monoisotopic (exact) mass is 483 g/mol. The third kappa shape index (κ3) is 4.86. The fraction of sp³-hybridized carbons (Fsp3) is 0.208. The molecule has 7 nitrogen and oxygen atoms in total. The van der Waals surface area contributed by atoms with Crippen LogP contribution in [0.3, 0.4) is 0 Å². The summed E-state index contributed by atoms with van der Waals surface area (Å²) in [6.45, 7) is 2.16. The molecule has 0 aliphatic carbocycles. The maximum Gasteiger partial charge on any atom is 0.348 e. The number of aromatic nitrogens is 2. The lowest BCUT2D eigenvalue weighted by atomic mass is 10.2. The lowest BCUT2D eigenvalue weighted by Crippen LogP contribution is -2.07. The molecule has 4 rings (SSSR count). The minimum Gasteiger partial charge on any atom is -0.495 e. The first-order valence-electron chi connectivity index (χ1n) is 10.2. The van der Waals surface area contributed by atoms with E-state index >= 15 is 0 Å². The van der Waals surface area contributed by atoms with E-state index in [1.807, 2.05) is 37.3 Å². The molecule has 33 heavy (non-hydrogen) atoms. The van der Waals surface area contributed by atoms with Crippen LogP contribution in [0.4, 0.5) is 11.5 Å². The number of halogens is 1. The Kier molecular flexibility index (Phi) is 6.96. The third-order valence-corrected chi connectivity index (χ3v) is 6.58. The van der Waals surface area contributed by atoms with Crippen molar-refractivity contribution in [1.29, 1.82) is 0 Å². The number of anilines is 2. The van der Waals surface area contributed by atoms with Crippen LogP contribution >= 0.6 is 22.9 Å². The van der Waals surface area contributed by atoms with Gasteiger partial charge in [-0.3, -0.25) is 0 Å². The molecule has 0 saturated carbocycles. The van der Waals surface area contributed by atoms with Gasteiger partial charge in [0.25, 0.3) is 0 Å². The first-order chi connectivity index (χ1) is 16.0. The Bertz CT molecular complexity index is 1290. The van der Waals surface area contributed by atoms with E-state index in [-0.39, 0.29) is 5.97 Å². The highest BCUT2D eigenvalue weighted by Crippen LogP contribution is 2.40. The van der Waals surface area contributed by atoms with E-state index in [9.17, 15) is 4.79 Å². The van der Waals surface area contributed by atoms with E-state index in [1.165, 1.54) is 17.7 Å². The van der Waals surface area contributed by atoms with Gasteiger partial charge in [-0.2, -0.15) is 0 Å². The van der Waals surface area contributed by atoms with Gasteiger partial charge in [-0.05, 0) is 18.1 Å². The van der Waals surface area contributed by atoms with Crippen molar-refractivity contribution >= 4 is 50.6 Å². The third-order valence-electron chi connectivity index (χ3n) is 5.11. The van der Waals surface area contributed by atoms with Crippen LogP contribution in [0.25, 0.3) is 10.2 Å². The molecule has 2 aromatic heterocycles. The highest BCUT2D eigenvalue weighted by molar-refractivity contribution is 7.20. The summed E-state index contributed by atoms with van der Waals surface area (Å²) in [5.41, 5.74) is 2.49. The Balaban J connectivity index is 1.60. The molecular weight excluding hydrogens is 462 g/mol. The molecule has 0 atom stereocenters. The standard InChI is InChI=1S/C24H22ClN3O4S/c1-14-20-22(28-17-12-18(30-2)16(25)11-19(17)31-3)26-13-27-23(20)33-21(14)24(29)32-10-9-15-7-5-4-6-8-15/h4-8,11-13H,9-10H2,1-3H3,(H,26,27,28). The lowest BCUT2D eigenvalue weighted by Gasteiger charge is -2.14. The van der Waals surface area contributed by atoms with Crippen molar-refractivity contribution in [1.82, 2.24) is 9.97 Å². The van der Waals surface area contributed by atoms with Crippen molar-refractivity contribution in [2.75, 3.05) is 26.1 Å². The molecule has 0 saturated heterocycles. The number of fused-ring (bicyclic) bond motifs is 1. The van der Waals surface area contributed by atoms with E-state index in [4.69, 9.17) is 25.8 Å². The molecule has 1 N–H and O–H groups in total. The summed E-state index contributed by atoms with van der Waals surface area (Å²) in [6.07, 6.45) is 2.10. The summed E-state index contributed by atoms with van der Waals surface area (Å²) in [7, 11) is 3.09. The van der Waals surface area contributed by atoms with Gasteiger partial charge in [0, 0.05) is 18.6 Å². The second kappa shape index (κ2) is 10.1. The first-order valence-corrected chi connectivity index (χ1v) is 11.3. The van der Waals surface area contributed by atoms with Crippen molar-refractivity contribution in [2.45, 2.75) is 13.3 Å². The number of rotatable bonds is 8. The number of carbonyl (C=O) groups is 1. The van der Waals surface area contributed by atoms with Crippen molar-refractivity contribution in [3.05, 3.63) is 69.8 Å². The van der Waals surface area contributed by atoms with Gasteiger partial charge in [0.2, 0.25) is 0 Å². The van der Waals surface area contributed by atoms with Gasteiger partial charge in [-0.1, -0.05) is 41.9 Å². The summed E-state index contributed by atoms with van der Waals surface area (Å²) in [4.78, 5) is 22.7. The Morgan fingerprint density at radius 2 is 1.85 bits per heavy atom.